The van der Waals surface area contributed by atoms with Crippen LogP contribution in [0.15, 0.2) is 24.5 Å². The van der Waals surface area contributed by atoms with E-state index in [1.165, 1.54) is 0 Å². The van der Waals surface area contributed by atoms with Gasteiger partial charge in [0.2, 0.25) is 0 Å². The molecule has 5 heteroatoms. The number of nitrogens with zero attached hydrogens (tertiary/aromatic N) is 2. The lowest BCUT2D eigenvalue weighted by molar-refractivity contribution is -0.144. The summed E-state index contributed by atoms with van der Waals surface area (Å²) in [4.78, 5) is 17.7. The maximum Gasteiger partial charge on any atom is 0.253 e. The molecule has 92 valence electrons. The van der Waals surface area contributed by atoms with Crippen molar-refractivity contribution in [3.63, 3.8) is 0 Å². The van der Waals surface area contributed by atoms with Gasteiger partial charge >= 0.3 is 0 Å². The minimum absolute atomic E-state index is 0.0149. The maximum absolute atomic E-state index is 12.0. The second kappa shape index (κ2) is 5.75. The lowest BCUT2D eigenvalue weighted by Gasteiger charge is -2.27. The number of hydrogen-bond acceptors (Lipinski definition) is 4. The molecule has 0 radical (unpaired) electrons. The smallest absolute Gasteiger partial charge is 0.253 e. The standard InChI is InChI=1S/C12H17N3O2/c1-15(9-10-3-2-4-13-7-10)12(16)11-8-14-5-6-17-11/h2-4,7,11,14H,5-6,8-9H2,1H3. The Hall–Kier alpha value is -1.46. The number of pyridine rings is 1. The highest BCUT2D eigenvalue weighted by molar-refractivity contribution is 5.81. The number of amides is 1. The van der Waals surface area contributed by atoms with Gasteiger partial charge in [-0.1, -0.05) is 6.07 Å². The van der Waals surface area contributed by atoms with Crippen LogP contribution in [0.3, 0.4) is 0 Å². The van der Waals surface area contributed by atoms with Gasteiger partial charge < -0.3 is 15.0 Å². The quantitative estimate of drug-likeness (QED) is 0.803. The molecule has 17 heavy (non-hydrogen) atoms. The molecule has 0 spiro atoms. The Morgan fingerprint density at radius 1 is 1.71 bits per heavy atom. The number of nitrogens with one attached hydrogen (secondary N) is 1. The zero-order chi connectivity index (χ0) is 12.1. The van der Waals surface area contributed by atoms with Crippen LogP contribution in [0.1, 0.15) is 5.56 Å². The number of carbonyl (C=O) groups excluding carboxylic acids is 1. The van der Waals surface area contributed by atoms with Gasteiger partial charge in [0.1, 0.15) is 6.10 Å². The number of morpholine rings is 1. The van der Waals surface area contributed by atoms with Crippen LogP contribution in [0, 0.1) is 0 Å². The van der Waals surface area contributed by atoms with Gasteiger partial charge in [-0.3, -0.25) is 9.78 Å². The molecule has 1 aromatic heterocycles. The van der Waals surface area contributed by atoms with E-state index in [1.807, 2.05) is 12.1 Å². The van der Waals surface area contributed by atoms with Gasteiger partial charge in [-0.05, 0) is 11.6 Å². The van der Waals surface area contributed by atoms with Crippen molar-refractivity contribution in [3.05, 3.63) is 30.1 Å². The molecular formula is C12H17N3O2. The van der Waals surface area contributed by atoms with Gasteiger partial charge in [0.05, 0.1) is 6.61 Å². The Labute approximate surface area is 101 Å². The molecule has 5 nitrogen and oxygen atoms in total. The molecule has 1 N–H and O–H groups in total. The average molecular weight is 235 g/mol. The van der Waals surface area contributed by atoms with Crippen molar-refractivity contribution >= 4 is 5.91 Å². The molecule has 0 aromatic carbocycles. The van der Waals surface area contributed by atoms with E-state index in [-0.39, 0.29) is 12.0 Å². The monoisotopic (exact) mass is 235 g/mol. The second-order valence-electron chi connectivity index (χ2n) is 4.12. The third kappa shape index (κ3) is 3.25. The van der Waals surface area contributed by atoms with Crippen LogP contribution in [0.5, 0.6) is 0 Å². The molecule has 1 unspecified atom stereocenters. The molecule has 0 saturated carbocycles. The van der Waals surface area contributed by atoms with Crippen molar-refractivity contribution in [2.45, 2.75) is 12.6 Å². The van der Waals surface area contributed by atoms with Gasteiger partial charge in [0.15, 0.2) is 0 Å². The highest BCUT2D eigenvalue weighted by atomic mass is 16.5. The molecule has 1 aromatic rings. The highest BCUT2D eigenvalue weighted by Crippen LogP contribution is 2.05. The molecule has 1 aliphatic rings. The number of hydrogen-bond donors (Lipinski definition) is 1. The minimum Gasteiger partial charge on any atom is -0.366 e. The fourth-order valence-electron chi connectivity index (χ4n) is 1.81. The van der Waals surface area contributed by atoms with Crippen molar-refractivity contribution in [3.8, 4) is 0 Å². The molecular weight excluding hydrogens is 218 g/mol. The number of aromatic nitrogens is 1. The molecule has 0 aliphatic carbocycles. The molecule has 1 aliphatic heterocycles. The average Bonchev–Trinajstić information content (AvgIpc) is 2.40. The first-order chi connectivity index (χ1) is 8.27. The first-order valence-electron chi connectivity index (χ1n) is 5.73. The molecule has 2 rings (SSSR count). The van der Waals surface area contributed by atoms with Gasteiger partial charge in [-0.25, -0.2) is 0 Å². The molecule has 1 saturated heterocycles. The maximum atomic E-state index is 12.0. The molecule has 1 amide bonds. The van der Waals surface area contributed by atoms with Gasteiger partial charge in [-0.15, -0.1) is 0 Å². The van der Waals surface area contributed by atoms with E-state index in [0.29, 0.717) is 19.7 Å². The molecule has 2 heterocycles. The fourth-order valence-corrected chi connectivity index (χ4v) is 1.81. The van der Waals surface area contributed by atoms with Crippen LogP contribution in [-0.4, -0.2) is 48.6 Å². The van der Waals surface area contributed by atoms with Crippen molar-refractivity contribution < 1.29 is 9.53 Å². The van der Waals surface area contributed by atoms with E-state index in [0.717, 1.165) is 12.1 Å². The van der Waals surface area contributed by atoms with Crippen LogP contribution in [-0.2, 0) is 16.1 Å². The summed E-state index contributed by atoms with van der Waals surface area (Å²) in [5.74, 6) is 0.0149. The number of rotatable bonds is 3. The highest BCUT2D eigenvalue weighted by Gasteiger charge is 2.24. The van der Waals surface area contributed by atoms with Crippen molar-refractivity contribution in [1.29, 1.82) is 0 Å². The van der Waals surface area contributed by atoms with Crippen LogP contribution < -0.4 is 5.32 Å². The van der Waals surface area contributed by atoms with Crippen molar-refractivity contribution in [2.75, 3.05) is 26.7 Å². The first kappa shape index (κ1) is 12.0. The third-order valence-electron chi connectivity index (χ3n) is 2.72. The van der Waals surface area contributed by atoms with E-state index in [4.69, 9.17) is 4.74 Å². The summed E-state index contributed by atoms with van der Waals surface area (Å²) in [7, 11) is 1.79. The van der Waals surface area contributed by atoms with Crippen LogP contribution in [0.2, 0.25) is 0 Å². The molecule has 0 bridgehead atoms. The lowest BCUT2D eigenvalue weighted by atomic mass is 10.2. The van der Waals surface area contributed by atoms with Crippen molar-refractivity contribution in [2.24, 2.45) is 0 Å². The molecule has 1 fully saturated rings. The van der Waals surface area contributed by atoms with Crippen LogP contribution in [0.4, 0.5) is 0 Å². The number of ether oxygens (including phenoxy) is 1. The summed E-state index contributed by atoms with van der Waals surface area (Å²) in [5, 5.41) is 3.15. The second-order valence-corrected chi connectivity index (χ2v) is 4.12. The van der Waals surface area contributed by atoms with E-state index < -0.39 is 0 Å². The SMILES string of the molecule is CN(Cc1cccnc1)C(=O)C1CNCCO1. The Morgan fingerprint density at radius 3 is 3.24 bits per heavy atom. The van der Waals surface area contributed by atoms with E-state index in [9.17, 15) is 4.79 Å². The number of likely N-dealkylation sites (N-methyl/N-ethyl adjacent to an activating group) is 1. The summed E-state index contributed by atoms with van der Waals surface area (Å²) >= 11 is 0. The molecule has 1 atom stereocenters. The summed E-state index contributed by atoms with van der Waals surface area (Å²) in [6, 6.07) is 3.82. The van der Waals surface area contributed by atoms with E-state index in [2.05, 4.69) is 10.3 Å². The predicted molar refractivity (Wildman–Crippen MR) is 63.3 cm³/mol. The zero-order valence-electron chi connectivity index (χ0n) is 9.93. The Morgan fingerprint density at radius 2 is 2.59 bits per heavy atom. The summed E-state index contributed by atoms with van der Waals surface area (Å²) in [6.45, 7) is 2.57. The summed E-state index contributed by atoms with van der Waals surface area (Å²) < 4.78 is 5.43. The van der Waals surface area contributed by atoms with Gasteiger partial charge in [0, 0.05) is 39.1 Å². The van der Waals surface area contributed by atoms with Gasteiger partial charge in [0.25, 0.3) is 5.91 Å². The first-order valence-corrected chi connectivity index (χ1v) is 5.73. The lowest BCUT2D eigenvalue weighted by Crippen LogP contribution is -2.48. The topological polar surface area (TPSA) is 54.5 Å². The third-order valence-corrected chi connectivity index (χ3v) is 2.72. The predicted octanol–water partition coefficient (Wildman–Crippen LogP) is 0.0284. The normalized spacial score (nSPS) is 19.9. The summed E-state index contributed by atoms with van der Waals surface area (Å²) in [5.41, 5.74) is 1.02. The van der Waals surface area contributed by atoms with Crippen LogP contribution in [0.25, 0.3) is 0 Å². The Bertz CT molecular complexity index is 363. The van der Waals surface area contributed by atoms with Crippen LogP contribution >= 0.6 is 0 Å². The summed E-state index contributed by atoms with van der Waals surface area (Å²) in [6.07, 6.45) is 3.13. The van der Waals surface area contributed by atoms with Gasteiger partial charge in [-0.2, -0.15) is 0 Å². The van der Waals surface area contributed by atoms with E-state index >= 15 is 0 Å². The number of carbonyl (C=O) groups is 1. The Balaban J connectivity index is 1.90. The largest absolute Gasteiger partial charge is 0.366 e. The van der Waals surface area contributed by atoms with E-state index in [1.54, 1.807) is 24.3 Å². The zero-order valence-corrected chi connectivity index (χ0v) is 9.93. The van der Waals surface area contributed by atoms with Crippen molar-refractivity contribution in [1.82, 2.24) is 15.2 Å². The Kier molecular flexibility index (Phi) is 4.06. The minimum atomic E-state index is -0.356. The fraction of sp³-hybridized carbons (Fsp3) is 0.500.